The molecular weight excluding hydrogens is 292 g/mol. The maximum absolute atomic E-state index is 5.52. The molecule has 0 bridgehead atoms. The minimum atomic E-state index is 0.223. The summed E-state index contributed by atoms with van der Waals surface area (Å²) in [6, 6.07) is 5.87. The molecule has 0 heterocycles. The summed E-state index contributed by atoms with van der Waals surface area (Å²) in [5, 5.41) is 0. The lowest BCUT2D eigenvalue weighted by Crippen LogP contribution is -2.02. The Balaban J connectivity index is 2.55. The topological polar surface area (TPSA) is 36.9 Å². The molecule has 1 aromatic rings. The van der Waals surface area contributed by atoms with Crippen LogP contribution in [0.2, 0.25) is 0 Å². The summed E-state index contributed by atoms with van der Waals surface area (Å²) >= 11 is 0. The second-order valence-corrected chi connectivity index (χ2v) is 5.44. The molecule has 0 amide bonds. The first-order valence-corrected chi connectivity index (χ1v) is 8.32. The average Bonchev–Trinajstić information content (AvgIpc) is 2.57. The Morgan fingerprint density at radius 3 is 2.04 bits per heavy atom. The Labute approximate surface area is 140 Å². The van der Waals surface area contributed by atoms with E-state index in [9.17, 15) is 0 Å². The van der Waals surface area contributed by atoms with Crippen molar-refractivity contribution in [2.45, 2.75) is 45.4 Å². The van der Waals surface area contributed by atoms with Crippen molar-refractivity contribution in [2.24, 2.45) is 0 Å². The first-order chi connectivity index (χ1) is 11.3. The number of unbranched alkanes of at least 4 members (excludes halogenated alkanes) is 4. The van der Waals surface area contributed by atoms with Gasteiger partial charge in [0, 0.05) is 20.3 Å². The molecule has 0 aliphatic heterocycles. The number of rotatable bonds is 13. The van der Waals surface area contributed by atoms with Crippen LogP contribution in [0.15, 0.2) is 30.4 Å². The van der Waals surface area contributed by atoms with Crippen molar-refractivity contribution < 1.29 is 18.9 Å². The summed E-state index contributed by atoms with van der Waals surface area (Å²) in [5.41, 5.74) is 1.15. The lowest BCUT2D eigenvalue weighted by Gasteiger charge is -2.11. The summed E-state index contributed by atoms with van der Waals surface area (Å²) in [6.45, 7) is 2.68. The van der Waals surface area contributed by atoms with E-state index in [0.717, 1.165) is 29.9 Å². The predicted molar refractivity (Wildman–Crippen MR) is 93.1 cm³/mol. The number of benzene rings is 1. The third-order valence-corrected chi connectivity index (χ3v) is 3.37. The molecule has 0 aliphatic carbocycles. The van der Waals surface area contributed by atoms with Crippen molar-refractivity contribution in [1.82, 2.24) is 0 Å². The molecule has 4 nitrogen and oxygen atoms in total. The third kappa shape index (κ3) is 9.26. The highest BCUT2D eigenvalue weighted by atomic mass is 16.7. The van der Waals surface area contributed by atoms with Gasteiger partial charge >= 0.3 is 0 Å². The molecular formula is C19H30O4. The molecule has 0 aliphatic rings. The van der Waals surface area contributed by atoms with Crippen molar-refractivity contribution in [3.63, 3.8) is 0 Å². The van der Waals surface area contributed by atoms with Crippen LogP contribution >= 0.6 is 0 Å². The second kappa shape index (κ2) is 13.0. The van der Waals surface area contributed by atoms with Crippen molar-refractivity contribution >= 4 is 0 Å². The van der Waals surface area contributed by atoms with E-state index < -0.39 is 0 Å². The van der Waals surface area contributed by atoms with Crippen LogP contribution in [-0.4, -0.2) is 27.8 Å². The largest absolute Gasteiger partial charge is 0.467 e. The van der Waals surface area contributed by atoms with E-state index in [0.29, 0.717) is 0 Å². The van der Waals surface area contributed by atoms with E-state index in [4.69, 9.17) is 18.9 Å². The number of hydrogen-bond donors (Lipinski definition) is 0. The van der Waals surface area contributed by atoms with Crippen LogP contribution in [-0.2, 0) is 15.9 Å². The van der Waals surface area contributed by atoms with Crippen LogP contribution in [0.4, 0.5) is 0 Å². The van der Waals surface area contributed by atoms with E-state index in [1.807, 2.05) is 18.2 Å². The fourth-order valence-corrected chi connectivity index (χ4v) is 2.20. The molecule has 0 radical (unpaired) electrons. The predicted octanol–water partition coefficient (Wildman–Crippen LogP) is 4.72. The minimum Gasteiger partial charge on any atom is -0.467 e. The van der Waals surface area contributed by atoms with Gasteiger partial charge in [-0.25, -0.2) is 0 Å². The number of ether oxygens (including phenoxy) is 4. The molecule has 0 spiro atoms. The van der Waals surface area contributed by atoms with Gasteiger partial charge in [0.25, 0.3) is 0 Å². The lowest BCUT2D eigenvalue weighted by molar-refractivity contribution is 0.0460. The molecule has 0 fully saturated rings. The van der Waals surface area contributed by atoms with E-state index in [1.54, 1.807) is 14.2 Å². The monoisotopic (exact) mass is 322 g/mol. The molecule has 23 heavy (non-hydrogen) atoms. The van der Waals surface area contributed by atoms with Gasteiger partial charge in [-0.15, -0.1) is 0 Å². The Morgan fingerprint density at radius 1 is 0.826 bits per heavy atom. The second-order valence-electron chi connectivity index (χ2n) is 5.44. The maximum atomic E-state index is 5.52. The van der Waals surface area contributed by atoms with Gasteiger partial charge in [0.2, 0.25) is 0 Å². The van der Waals surface area contributed by atoms with Gasteiger partial charge in [-0.1, -0.05) is 38.3 Å². The molecule has 4 heteroatoms. The Kier molecular flexibility index (Phi) is 11.0. The normalized spacial score (nSPS) is 11.1. The van der Waals surface area contributed by atoms with Gasteiger partial charge < -0.3 is 18.9 Å². The quantitative estimate of drug-likeness (QED) is 0.299. The molecule has 0 N–H and O–H groups in total. The smallest absolute Gasteiger partial charge is 0.188 e. The van der Waals surface area contributed by atoms with E-state index in [1.165, 1.54) is 25.7 Å². The van der Waals surface area contributed by atoms with Crippen molar-refractivity contribution in [3.05, 3.63) is 35.9 Å². The van der Waals surface area contributed by atoms with Gasteiger partial charge in [-0.3, -0.25) is 0 Å². The summed E-state index contributed by atoms with van der Waals surface area (Å²) in [6.07, 6.45) is 11.7. The standard InChI is InChI=1S/C19H30O4/c1-4-5-6-7-8-9-10-11-17-12-18(22-15-20-2)14-19(13-17)23-16-21-3/h9-10,12-14H,4-8,11,15-16H2,1-3H3/b10-9-. The highest BCUT2D eigenvalue weighted by Crippen LogP contribution is 2.24. The summed E-state index contributed by atoms with van der Waals surface area (Å²) < 4.78 is 20.9. The van der Waals surface area contributed by atoms with Gasteiger partial charge in [-0.2, -0.15) is 0 Å². The molecule has 130 valence electrons. The van der Waals surface area contributed by atoms with E-state index in [2.05, 4.69) is 19.1 Å². The van der Waals surface area contributed by atoms with Crippen molar-refractivity contribution in [1.29, 1.82) is 0 Å². The first kappa shape index (κ1) is 19.5. The SMILES string of the molecule is CCCCCC/C=C\Cc1cc(OCOC)cc(OCOC)c1. The fraction of sp³-hybridized carbons (Fsp3) is 0.579. The molecule has 0 unspecified atom stereocenters. The zero-order chi connectivity index (χ0) is 16.8. The Bertz CT molecular complexity index is 417. The van der Waals surface area contributed by atoms with Crippen LogP contribution in [0.25, 0.3) is 0 Å². The number of allylic oxidation sites excluding steroid dienone is 2. The van der Waals surface area contributed by atoms with E-state index >= 15 is 0 Å². The van der Waals surface area contributed by atoms with Gasteiger partial charge in [-0.05, 0) is 37.0 Å². The maximum Gasteiger partial charge on any atom is 0.188 e. The summed E-state index contributed by atoms with van der Waals surface area (Å²) in [7, 11) is 3.21. The fourth-order valence-electron chi connectivity index (χ4n) is 2.20. The third-order valence-electron chi connectivity index (χ3n) is 3.37. The van der Waals surface area contributed by atoms with Crippen LogP contribution in [0, 0.1) is 0 Å². The molecule has 0 aromatic heterocycles. The Hall–Kier alpha value is -1.52. The van der Waals surface area contributed by atoms with Crippen molar-refractivity contribution in [3.8, 4) is 11.5 Å². The van der Waals surface area contributed by atoms with Crippen LogP contribution in [0.3, 0.4) is 0 Å². The van der Waals surface area contributed by atoms with Crippen molar-refractivity contribution in [2.75, 3.05) is 27.8 Å². The first-order valence-electron chi connectivity index (χ1n) is 8.32. The number of methoxy groups -OCH3 is 2. The van der Waals surface area contributed by atoms with Crippen LogP contribution in [0.1, 0.15) is 44.6 Å². The molecule has 0 saturated heterocycles. The zero-order valence-electron chi connectivity index (χ0n) is 14.7. The summed E-state index contributed by atoms with van der Waals surface area (Å²) in [4.78, 5) is 0. The van der Waals surface area contributed by atoms with Gasteiger partial charge in [0.05, 0.1) is 0 Å². The average molecular weight is 322 g/mol. The highest BCUT2D eigenvalue weighted by Gasteiger charge is 2.03. The zero-order valence-corrected chi connectivity index (χ0v) is 14.7. The molecule has 0 atom stereocenters. The summed E-state index contributed by atoms with van der Waals surface area (Å²) in [5.74, 6) is 1.48. The molecule has 0 saturated carbocycles. The molecule has 1 aromatic carbocycles. The molecule has 1 rings (SSSR count). The lowest BCUT2D eigenvalue weighted by atomic mass is 10.1. The van der Waals surface area contributed by atoms with Crippen LogP contribution in [0.5, 0.6) is 11.5 Å². The Morgan fingerprint density at radius 2 is 1.48 bits per heavy atom. The van der Waals surface area contributed by atoms with Crippen LogP contribution < -0.4 is 9.47 Å². The van der Waals surface area contributed by atoms with E-state index in [-0.39, 0.29) is 13.6 Å². The van der Waals surface area contributed by atoms with Gasteiger partial charge in [0.1, 0.15) is 11.5 Å². The van der Waals surface area contributed by atoms with Gasteiger partial charge in [0.15, 0.2) is 13.6 Å². The number of hydrogen-bond acceptors (Lipinski definition) is 4. The highest BCUT2D eigenvalue weighted by molar-refractivity contribution is 5.39. The minimum absolute atomic E-state index is 0.223.